The van der Waals surface area contributed by atoms with Gasteiger partial charge in [-0.05, 0) is 32.8 Å². The van der Waals surface area contributed by atoms with Gasteiger partial charge in [0, 0.05) is 13.0 Å². The summed E-state index contributed by atoms with van der Waals surface area (Å²) in [5.41, 5.74) is -1.96. The number of aliphatic hydroxyl groups is 3. The van der Waals surface area contributed by atoms with Crippen molar-refractivity contribution in [2.75, 3.05) is 6.54 Å². The van der Waals surface area contributed by atoms with Crippen molar-refractivity contribution in [1.82, 2.24) is 10.2 Å². The lowest BCUT2D eigenvalue weighted by molar-refractivity contribution is -0.147. The smallest absolute Gasteiger partial charge is 0.409 e. The van der Waals surface area contributed by atoms with E-state index in [1.165, 1.54) is 0 Å². The highest BCUT2D eigenvalue weighted by Gasteiger charge is 2.40. The maximum Gasteiger partial charge on any atom is 0.409 e. The summed E-state index contributed by atoms with van der Waals surface area (Å²) in [7, 11) is 0. The molecule has 0 radical (unpaired) electrons. The molecule has 27 heavy (non-hydrogen) atoms. The van der Waals surface area contributed by atoms with E-state index in [4.69, 9.17) is 4.74 Å². The molecule has 2 amide bonds. The molecule has 2 rings (SSSR count). The van der Waals surface area contributed by atoms with Crippen molar-refractivity contribution in [3.8, 4) is 0 Å². The molecule has 0 spiro atoms. The summed E-state index contributed by atoms with van der Waals surface area (Å²) in [4.78, 5) is 25.8. The molecule has 0 aliphatic carbocycles. The Labute approximate surface area is 158 Å². The van der Waals surface area contributed by atoms with Gasteiger partial charge in [0.2, 0.25) is 5.91 Å². The molecule has 4 N–H and O–H groups in total. The van der Waals surface area contributed by atoms with E-state index in [1.54, 1.807) is 45.0 Å². The van der Waals surface area contributed by atoms with Crippen LogP contribution in [0.25, 0.3) is 0 Å². The number of rotatable bonds is 5. The van der Waals surface area contributed by atoms with E-state index in [9.17, 15) is 24.9 Å². The number of amides is 2. The third-order valence-corrected chi connectivity index (χ3v) is 4.17. The van der Waals surface area contributed by atoms with Crippen LogP contribution in [0.3, 0.4) is 0 Å². The number of carbonyl (C=O) groups excluding carboxylic acids is 2. The Bertz CT molecular complexity index is 660. The normalized spacial score (nSPS) is 22.2. The van der Waals surface area contributed by atoms with Crippen LogP contribution in [0.4, 0.5) is 4.79 Å². The fourth-order valence-corrected chi connectivity index (χ4v) is 2.96. The Balaban J connectivity index is 2.15. The van der Waals surface area contributed by atoms with Gasteiger partial charge in [-0.2, -0.15) is 0 Å². The highest BCUT2D eigenvalue weighted by Crippen LogP contribution is 2.22. The maximum atomic E-state index is 12.6. The monoisotopic (exact) mass is 380 g/mol. The second kappa shape index (κ2) is 8.24. The lowest BCUT2D eigenvalue weighted by Gasteiger charge is -2.32. The molecule has 8 heteroatoms. The zero-order valence-corrected chi connectivity index (χ0v) is 15.9. The molecule has 0 saturated carbocycles. The summed E-state index contributed by atoms with van der Waals surface area (Å²) in [6.45, 7) is 5.25. The van der Waals surface area contributed by atoms with Crippen molar-refractivity contribution in [2.24, 2.45) is 0 Å². The first-order valence-corrected chi connectivity index (χ1v) is 8.92. The van der Waals surface area contributed by atoms with E-state index >= 15 is 0 Å². The zero-order valence-electron chi connectivity index (χ0n) is 15.9. The minimum absolute atomic E-state index is 0.0225. The number of benzene rings is 1. The van der Waals surface area contributed by atoms with Crippen LogP contribution in [0.15, 0.2) is 30.3 Å². The molecule has 1 aliphatic rings. The summed E-state index contributed by atoms with van der Waals surface area (Å²) >= 11 is 0. The molecule has 150 valence electrons. The molecule has 1 fully saturated rings. The topological polar surface area (TPSA) is 119 Å². The van der Waals surface area contributed by atoms with Crippen molar-refractivity contribution in [3.05, 3.63) is 35.9 Å². The highest BCUT2D eigenvalue weighted by atomic mass is 16.6. The standard InChI is InChI=1S/C19H28N2O6/c1-18(2,3)27-17(25)20-19(26,11-13-7-5-4-6-8-13)12-15(23)21-10-9-14(22)16(21)24/h4-8,14,16,22,24,26H,9-12H2,1-3H3,(H,20,25)/t14-,16?,19+/m1/s1. The van der Waals surface area contributed by atoms with Crippen LogP contribution in [-0.2, 0) is 16.0 Å². The first-order valence-electron chi connectivity index (χ1n) is 8.92. The average Bonchev–Trinajstić information content (AvgIpc) is 2.85. The fourth-order valence-electron chi connectivity index (χ4n) is 2.96. The molecule has 1 aromatic carbocycles. The van der Waals surface area contributed by atoms with Crippen LogP contribution in [0.1, 0.15) is 39.2 Å². The lowest BCUT2D eigenvalue weighted by atomic mass is 9.98. The van der Waals surface area contributed by atoms with Crippen LogP contribution in [0.5, 0.6) is 0 Å². The Morgan fingerprint density at radius 1 is 1.22 bits per heavy atom. The fraction of sp³-hybridized carbons (Fsp3) is 0.579. The predicted molar refractivity (Wildman–Crippen MR) is 97.4 cm³/mol. The number of ether oxygens (including phenoxy) is 1. The van der Waals surface area contributed by atoms with E-state index in [-0.39, 0.29) is 19.4 Å². The Morgan fingerprint density at radius 2 is 1.85 bits per heavy atom. The molecular weight excluding hydrogens is 352 g/mol. The Hall–Kier alpha value is -2.16. The molecular formula is C19H28N2O6. The van der Waals surface area contributed by atoms with Crippen molar-refractivity contribution in [1.29, 1.82) is 0 Å². The number of hydrogen-bond acceptors (Lipinski definition) is 6. The number of aliphatic hydroxyl groups excluding tert-OH is 2. The van der Waals surface area contributed by atoms with Crippen LogP contribution in [0.2, 0.25) is 0 Å². The van der Waals surface area contributed by atoms with Crippen LogP contribution in [-0.4, -0.2) is 62.4 Å². The van der Waals surface area contributed by atoms with Crippen LogP contribution >= 0.6 is 0 Å². The van der Waals surface area contributed by atoms with E-state index in [0.717, 1.165) is 4.90 Å². The summed E-state index contributed by atoms with van der Waals surface area (Å²) in [5.74, 6) is -0.575. The molecule has 1 heterocycles. The summed E-state index contributed by atoms with van der Waals surface area (Å²) < 4.78 is 5.19. The molecule has 1 saturated heterocycles. The van der Waals surface area contributed by atoms with Gasteiger partial charge in [-0.3, -0.25) is 10.1 Å². The third-order valence-electron chi connectivity index (χ3n) is 4.17. The molecule has 1 aromatic rings. The van der Waals surface area contributed by atoms with Crippen molar-refractivity contribution in [3.63, 3.8) is 0 Å². The molecule has 0 bridgehead atoms. The summed E-state index contributed by atoms with van der Waals surface area (Å²) in [5, 5.41) is 32.9. The first kappa shape index (κ1) is 21.1. The van der Waals surface area contributed by atoms with E-state index < -0.39 is 42.1 Å². The molecule has 8 nitrogen and oxygen atoms in total. The quantitative estimate of drug-likeness (QED) is 0.560. The van der Waals surface area contributed by atoms with E-state index in [0.29, 0.717) is 5.56 Å². The van der Waals surface area contributed by atoms with Crippen molar-refractivity contribution >= 4 is 12.0 Å². The highest BCUT2D eigenvalue weighted by molar-refractivity contribution is 5.79. The average molecular weight is 380 g/mol. The maximum absolute atomic E-state index is 12.6. The van der Waals surface area contributed by atoms with Crippen molar-refractivity contribution < 1.29 is 29.6 Å². The summed E-state index contributed by atoms with van der Waals surface area (Å²) in [6.07, 6.45) is -3.43. The van der Waals surface area contributed by atoms with E-state index in [1.807, 2.05) is 6.07 Å². The Morgan fingerprint density at radius 3 is 2.37 bits per heavy atom. The van der Waals surface area contributed by atoms with Crippen LogP contribution < -0.4 is 5.32 Å². The molecule has 1 unspecified atom stereocenters. The summed E-state index contributed by atoms with van der Waals surface area (Å²) in [6, 6.07) is 8.91. The minimum Gasteiger partial charge on any atom is -0.444 e. The molecule has 1 aliphatic heterocycles. The predicted octanol–water partition coefficient (Wildman–Crippen LogP) is 0.744. The van der Waals surface area contributed by atoms with Crippen molar-refractivity contribution in [2.45, 2.75) is 63.7 Å². The van der Waals surface area contributed by atoms with Crippen LogP contribution in [0, 0.1) is 0 Å². The number of likely N-dealkylation sites (tertiary alicyclic amines) is 1. The zero-order chi connectivity index (χ0) is 20.2. The second-order valence-electron chi connectivity index (χ2n) is 7.85. The van der Waals surface area contributed by atoms with Gasteiger partial charge in [0.15, 0.2) is 12.0 Å². The van der Waals surface area contributed by atoms with E-state index in [2.05, 4.69) is 5.32 Å². The second-order valence-corrected chi connectivity index (χ2v) is 7.85. The lowest BCUT2D eigenvalue weighted by Crippen LogP contribution is -2.55. The van der Waals surface area contributed by atoms with Gasteiger partial charge in [0.05, 0.1) is 6.42 Å². The SMILES string of the molecule is CC(C)(C)OC(=O)N[C@@](O)(CC(=O)N1CC[C@@H](O)C1O)Cc1ccccc1. The number of nitrogens with zero attached hydrogens (tertiary/aromatic N) is 1. The Kier molecular flexibility index (Phi) is 6.46. The number of hydrogen-bond donors (Lipinski definition) is 4. The third kappa shape index (κ3) is 6.20. The van der Waals surface area contributed by atoms with Gasteiger partial charge in [0.25, 0.3) is 0 Å². The van der Waals surface area contributed by atoms with Gasteiger partial charge in [-0.15, -0.1) is 0 Å². The van der Waals surface area contributed by atoms with Gasteiger partial charge in [-0.1, -0.05) is 30.3 Å². The first-order chi connectivity index (χ1) is 12.5. The largest absolute Gasteiger partial charge is 0.444 e. The number of carbonyl (C=O) groups is 2. The van der Waals surface area contributed by atoms with Gasteiger partial charge < -0.3 is 25.0 Å². The van der Waals surface area contributed by atoms with Gasteiger partial charge in [0.1, 0.15) is 11.7 Å². The number of nitrogens with one attached hydrogen (secondary N) is 1. The minimum atomic E-state index is -1.91. The molecule has 0 aromatic heterocycles. The van der Waals surface area contributed by atoms with Gasteiger partial charge in [-0.25, -0.2) is 4.79 Å². The number of alkyl carbamates (subject to hydrolysis) is 1. The molecule has 3 atom stereocenters. The van der Waals surface area contributed by atoms with Gasteiger partial charge >= 0.3 is 6.09 Å².